The van der Waals surface area contributed by atoms with Crippen LogP contribution < -0.4 is 0 Å². The van der Waals surface area contributed by atoms with Crippen LogP contribution in [0.15, 0.2) is 23.6 Å². The Labute approximate surface area is 113 Å². The summed E-state index contributed by atoms with van der Waals surface area (Å²) in [5.41, 5.74) is 1.06. The zero-order chi connectivity index (χ0) is 13.8. The van der Waals surface area contributed by atoms with E-state index in [4.69, 9.17) is 9.47 Å². The molecule has 0 saturated heterocycles. The predicted octanol–water partition coefficient (Wildman–Crippen LogP) is 3.30. The van der Waals surface area contributed by atoms with Crippen LogP contribution in [0.3, 0.4) is 0 Å². The maximum atomic E-state index is 13.5. The summed E-state index contributed by atoms with van der Waals surface area (Å²) in [5, 5.41) is 2.52. The second-order valence-electron chi connectivity index (χ2n) is 3.88. The fourth-order valence-corrected chi connectivity index (χ4v) is 2.50. The van der Waals surface area contributed by atoms with Crippen molar-refractivity contribution < 1.29 is 18.3 Å². The molecule has 0 unspecified atom stereocenters. The zero-order valence-corrected chi connectivity index (χ0v) is 11.3. The van der Waals surface area contributed by atoms with Crippen LogP contribution in [0.5, 0.6) is 0 Å². The molecule has 0 aliphatic carbocycles. The van der Waals surface area contributed by atoms with E-state index in [-0.39, 0.29) is 0 Å². The standard InChI is InChI=1S/C13H13F2NO2S/c1-17-13(18-2)11-7-19-12(16-11)5-8-3-4-9(14)6-10(8)15/h3-4,6-7,13H,5H2,1-2H3. The molecule has 1 aromatic heterocycles. The molecule has 6 heteroatoms. The van der Waals surface area contributed by atoms with E-state index in [0.717, 1.165) is 11.1 Å². The summed E-state index contributed by atoms with van der Waals surface area (Å²) in [7, 11) is 3.04. The van der Waals surface area contributed by atoms with Crippen molar-refractivity contribution in [3.63, 3.8) is 0 Å². The van der Waals surface area contributed by atoms with Crippen molar-refractivity contribution in [1.29, 1.82) is 0 Å². The molecule has 0 radical (unpaired) electrons. The molecular weight excluding hydrogens is 272 g/mol. The number of benzene rings is 1. The van der Waals surface area contributed by atoms with Gasteiger partial charge in [0.2, 0.25) is 6.29 Å². The zero-order valence-electron chi connectivity index (χ0n) is 10.5. The topological polar surface area (TPSA) is 31.4 Å². The Morgan fingerprint density at radius 3 is 2.63 bits per heavy atom. The summed E-state index contributed by atoms with van der Waals surface area (Å²) in [6.07, 6.45) is -0.209. The van der Waals surface area contributed by atoms with Crippen LogP contribution in [0.1, 0.15) is 22.6 Å². The number of ether oxygens (including phenoxy) is 2. The maximum absolute atomic E-state index is 13.5. The number of thiazole rings is 1. The van der Waals surface area contributed by atoms with E-state index < -0.39 is 17.9 Å². The van der Waals surface area contributed by atoms with Crippen molar-refractivity contribution in [3.05, 3.63) is 51.5 Å². The number of aromatic nitrogens is 1. The Morgan fingerprint density at radius 1 is 1.26 bits per heavy atom. The Hall–Kier alpha value is -1.37. The van der Waals surface area contributed by atoms with E-state index in [1.807, 2.05) is 0 Å². The van der Waals surface area contributed by atoms with Gasteiger partial charge in [0.05, 0.1) is 5.01 Å². The van der Waals surface area contributed by atoms with Gasteiger partial charge in [-0.05, 0) is 11.6 Å². The van der Waals surface area contributed by atoms with E-state index >= 15 is 0 Å². The van der Waals surface area contributed by atoms with Gasteiger partial charge in [0.25, 0.3) is 0 Å². The van der Waals surface area contributed by atoms with Gasteiger partial charge in [0.15, 0.2) is 0 Å². The second kappa shape index (κ2) is 6.18. The molecule has 1 heterocycles. The van der Waals surface area contributed by atoms with Gasteiger partial charge in [-0.2, -0.15) is 0 Å². The van der Waals surface area contributed by atoms with Gasteiger partial charge in [-0.15, -0.1) is 11.3 Å². The van der Waals surface area contributed by atoms with Crippen LogP contribution >= 0.6 is 11.3 Å². The van der Waals surface area contributed by atoms with Crippen molar-refractivity contribution in [1.82, 2.24) is 4.98 Å². The third-order valence-electron chi connectivity index (χ3n) is 2.60. The Bertz CT molecular complexity index is 555. The van der Waals surface area contributed by atoms with Gasteiger partial charge in [-0.25, -0.2) is 13.8 Å². The largest absolute Gasteiger partial charge is 0.350 e. The van der Waals surface area contributed by atoms with E-state index in [1.54, 1.807) is 5.38 Å². The van der Waals surface area contributed by atoms with Crippen LogP contribution in [-0.2, 0) is 15.9 Å². The smallest absolute Gasteiger partial charge is 0.201 e. The van der Waals surface area contributed by atoms with Crippen LogP contribution in [-0.4, -0.2) is 19.2 Å². The van der Waals surface area contributed by atoms with Crippen molar-refractivity contribution in [2.75, 3.05) is 14.2 Å². The highest BCUT2D eigenvalue weighted by molar-refractivity contribution is 7.09. The Kier molecular flexibility index (Phi) is 4.57. The lowest BCUT2D eigenvalue weighted by Crippen LogP contribution is -2.04. The molecule has 0 fully saturated rings. The first-order valence-corrected chi connectivity index (χ1v) is 6.46. The highest BCUT2D eigenvalue weighted by Crippen LogP contribution is 2.22. The predicted molar refractivity (Wildman–Crippen MR) is 68.0 cm³/mol. The fraction of sp³-hybridized carbons (Fsp3) is 0.308. The van der Waals surface area contributed by atoms with Crippen molar-refractivity contribution in [2.24, 2.45) is 0 Å². The molecule has 1 aromatic carbocycles. The summed E-state index contributed by atoms with van der Waals surface area (Å²) >= 11 is 1.38. The van der Waals surface area contributed by atoms with Gasteiger partial charge >= 0.3 is 0 Å². The SMILES string of the molecule is COC(OC)c1csc(Cc2ccc(F)cc2F)n1. The fourth-order valence-electron chi connectivity index (χ4n) is 1.68. The average molecular weight is 285 g/mol. The van der Waals surface area contributed by atoms with Gasteiger partial charge in [-0.1, -0.05) is 6.07 Å². The van der Waals surface area contributed by atoms with Crippen molar-refractivity contribution >= 4 is 11.3 Å². The van der Waals surface area contributed by atoms with Gasteiger partial charge in [0, 0.05) is 32.1 Å². The minimum Gasteiger partial charge on any atom is -0.350 e. The molecule has 0 aliphatic rings. The number of methoxy groups -OCH3 is 2. The first-order chi connectivity index (χ1) is 9.13. The van der Waals surface area contributed by atoms with Gasteiger partial charge in [0.1, 0.15) is 17.3 Å². The average Bonchev–Trinajstić information content (AvgIpc) is 2.83. The molecule has 0 aliphatic heterocycles. The quantitative estimate of drug-likeness (QED) is 0.790. The number of nitrogens with zero attached hydrogens (tertiary/aromatic N) is 1. The molecule has 102 valence electrons. The number of hydrogen-bond donors (Lipinski definition) is 0. The van der Waals surface area contributed by atoms with Gasteiger partial charge in [-0.3, -0.25) is 0 Å². The number of hydrogen-bond acceptors (Lipinski definition) is 4. The molecule has 2 aromatic rings. The third-order valence-corrected chi connectivity index (χ3v) is 3.46. The van der Waals surface area contributed by atoms with Gasteiger partial charge < -0.3 is 9.47 Å². The first kappa shape index (κ1) is 14.0. The second-order valence-corrected chi connectivity index (χ2v) is 4.82. The normalized spacial score (nSPS) is 11.2. The number of halogens is 2. The van der Waals surface area contributed by atoms with Crippen LogP contribution in [0.4, 0.5) is 8.78 Å². The first-order valence-electron chi connectivity index (χ1n) is 5.58. The van der Waals surface area contributed by atoms with E-state index in [0.29, 0.717) is 17.7 Å². The minimum absolute atomic E-state index is 0.316. The number of rotatable bonds is 5. The molecule has 0 saturated carbocycles. The monoisotopic (exact) mass is 285 g/mol. The van der Waals surface area contributed by atoms with E-state index in [1.165, 1.54) is 37.7 Å². The summed E-state index contributed by atoms with van der Waals surface area (Å²) < 4.78 is 36.5. The minimum atomic E-state index is -0.583. The molecule has 3 nitrogen and oxygen atoms in total. The lowest BCUT2D eigenvalue weighted by Gasteiger charge is -2.09. The lowest BCUT2D eigenvalue weighted by molar-refractivity contribution is -0.108. The van der Waals surface area contributed by atoms with E-state index in [2.05, 4.69) is 4.98 Å². The van der Waals surface area contributed by atoms with Crippen LogP contribution in [0.2, 0.25) is 0 Å². The third kappa shape index (κ3) is 3.34. The lowest BCUT2D eigenvalue weighted by atomic mass is 10.1. The Balaban J connectivity index is 2.15. The molecular formula is C13H13F2NO2S. The van der Waals surface area contributed by atoms with Crippen LogP contribution in [0, 0.1) is 11.6 Å². The summed E-state index contributed by atoms with van der Waals surface area (Å²) in [5.74, 6) is -1.15. The van der Waals surface area contributed by atoms with Crippen LogP contribution in [0.25, 0.3) is 0 Å². The molecule has 0 spiro atoms. The van der Waals surface area contributed by atoms with E-state index in [9.17, 15) is 8.78 Å². The summed E-state index contributed by atoms with van der Waals surface area (Å²) in [6, 6.07) is 3.53. The molecule has 0 amide bonds. The molecule has 19 heavy (non-hydrogen) atoms. The Morgan fingerprint density at radius 2 is 2.00 bits per heavy atom. The van der Waals surface area contributed by atoms with Crippen molar-refractivity contribution in [3.8, 4) is 0 Å². The summed E-state index contributed by atoms with van der Waals surface area (Å²) in [4.78, 5) is 4.32. The van der Waals surface area contributed by atoms with Crippen molar-refractivity contribution in [2.45, 2.75) is 12.7 Å². The summed E-state index contributed by atoms with van der Waals surface area (Å²) in [6.45, 7) is 0. The highest BCUT2D eigenvalue weighted by atomic mass is 32.1. The molecule has 0 N–H and O–H groups in total. The highest BCUT2D eigenvalue weighted by Gasteiger charge is 2.14. The molecule has 0 atom stereocenters. The molecule has 0 bridgehead atoms. The molecule has 2 rings (SSSR count). The maximum Gasteiger partial charge on any atom is 0.201 e.